The molecular formula is C17H16Cl2N4O2. The van der Waals surface area contributed by atoms with Gasteiger partial charge >= 0.3 is 0 Å². The van der Waals surface area contributed by atoms with Crippen molar-refractivity contribution in [2.45, 2.75) is 0 Å². The Morgan fingerprint density at radius 1 is 1.04 bits per heavy atom. The Hall–Kier alpha value is -2.31. The van der Waals surface area contributed by atoms with Crippen LogP contribution in [0.1, 0.15) is 10.5 Å². The Morgan fingerprint density at radius 2 is 1.76 bits per heavy atom. The molecule has 8 heteroatoms. The molecule has 1 aromatic carbocycles. The number of nitrogens with one attached hydrogen (secondary N) is 1. The Morgan fingerprint density at radius 3 is 2.44 bits per heavy atom. The lowest BCUT2D eigenvalue weighted by molar-refractivity contribution is -0.119. The molecule has 6 nitrogen and oxygen atoms in total. The molecule has 0 unspecified atom stereocenters. The van der Waals surface area contributed by atoms with Gasteiger partial charge in [0.25, 0.3) is 5.91 Å². The second kappa shape index (κ2) is 7.72. The first-order valence-corrected chi connectivity index (χ1v) is 8.49. The molecule has 2 amide bonds. The van der Waals surface area contributed by atoms with Crippen molar-refractivity contribution in [3.63, 3.8) is 0 Å². The van der Waals surface area contributed by atoms with E-state index in [-0.39, 0.29) is 5.91 Å². The average Bonchev–Trinajstić information content (AvgIpc) is 2.64. The van der Waals surface area contributed by atoms with E-state index >= 15 is 0 Å². The van der Waals surface area contributed by atoms with E-state index in [1.54, 1.807) is 46.3 Å². The molecular weight excluding hydrogens is 363 g/mol. The first-order valence-electron chi connectivity index (χ1n) is 7.73. The zero-order chi connectivity index (χ0) is 17.8. The number of pyridine rings is 1. The summed E-state index contributed by atoms with van der Waals surface area (Å²) in [4.78, 5) is 30.9. The molecule has 2 heterocycles. The molecule has 2 aromatic rings. The van der Waals surface area contributed by atoms with Gasteiger partial charge in [0, 0.05) is 43.8 Å². The smallest absolute Gasteiger partial charge is 0.272 e. The SMILES string of the molecule is O=CN1CCN(C(=O)c2cc(Nc3ccc(Cl)c(Cl)c3)ccn2)CC1. The number of halogens is 2. The highest BCUT2D eigenvalue weighted by Crippen LogP contribution is 2.27. The summed E-state index contributed by atoms with van der Waals surface area (Å²) in [7, 11) is 0. The molecule has 1 fully saturated rings. The summed E-state index contributed by atoms with van der Waals surface area (Å²) in [6.07, 6.45) is 2.39. The number of anilines is 2. The molecule has 3 rings (SSSR count). The number of hydrogen-bond acceptors (Lipinski definition) is 4. The quantitative estimate of drug-likeness (QED) is 0.830. The summed E-state index contributed by atoms with van der Waals surface area (Å²) in [5, 5.41) is 4.11. The molecule has 1 aromatic heterocycles. The summed E-state index contributed by atoms with van der Waals surface area (Å²) in [5.74, 6) is -0.150. The van der Waals surface area contributed by atoms with Gasteiger partial charge in [-0.2, -0.15) is 0 Å². The zero-order valence-corrected chi connectivity index (χ0v) is 14.8. The van der Waals surface area contributed by atoms with Crippen molar-refractivity contribution in [2.24, 2.45) is 0 Å². The van der Waals surface area contributed by atoms with Crippen LogP contribution in [-0.4, -0.2) is 53.3 Å². The topological polar surface area (TPSA) is 65.5 Å². The molecule has 0 spiro atoms. The fourth-order valence-corrected chi connectivity index (χ4v) is 2.86. The Kier molecular flexibility index (Phi) is 5.40. The van der Waals surface area contributed by atoms with Crippen LogP contribution >= 0.6 is 23.2 Å². The van der Waals surface area contributed by atoms with Crippen LogP contribution in [0, 0.1) is 0 Å². The molecule has 1 saturated heterocycles. The molecule has 0 radical (unpaired) electrons. The summed E-state index contributed by atoms with van der Waals surface area (Å²) >= 11 is 11.9. The van der Waals surface area contributed by atoms with Crippen LogP contribution in [0.2, 0.25) is 10.0 Å². The maximum absolute atomic E-state index is 12.6. The van der Waals surface area contributed by atoms with Gasteiger partial charge in [-0.1, -0.05) is 23.2 Å². The highest BCUT2D eigenvalue weighted by Gasteiger charge is 2.22. The maximum atomic E-state index is 12.6. The number of amides is 2. The molecule has 0 saturated carbocycles. The monoisotopic (exact) mass is 378 g/mol. The minimum Gasteiger partial charge on any atom is -0.355 e. The van der Waals surface area contributed by atoms with Crippen molar-refractivity contribution in [3.8, 4) is 0 Å². The van der Waals surface area contributed by atoms with Gasteiger partial charge in [0.15, 0.2) is 0 Å². The van der Waals surface area contributed by atoms with Gasteiger partial charge in [0.2, 0.25) is 6.41 Å². The fraction of sp³-hybridized carbons (Fsp3) is 0.235. The minimum atomic E-state index is -0.150. The number of benzene rings is 1. The van der Waals surface area contributed by atoms with Crippen LogP contribution in [-0.2, 0) is 4.79 Å². The highest BCUT2D eigenvalue weighted by atomic mass is 35.5. The van der Waals surface area contributed by atoms with E-state index in [0.717, 1.165) is 17.8 Å². The number of aromatic nitrogens is 1. The van der Waals surface area contributed by atoms with Crippen molar-refractivity contribution in [1.82, 2.24) is 14.8 Å². The van der Waals surface area contributed by atoms with Gasteiger partial charge in [-0.25, -0.2) is 0 Å². The standard InChI is InChI=1S/C17H16Cl2N4O2/c18-14-2-1-12(9-15(14)19)21-13-3-4-20-16(10-13)17(25)23-7-5-22(11-24)6-8-23/h1-4,9-11H,5-8H2,(H,20,21). The number of carbonyl (C=O) groups is 2. The van der Waals surface area contributed by atoms with Crippen molar-refractivity contribution in [3.05, 3.63) is 52.3 Å². The Labute approximate surface area is 155 Å². The van der Waals surface area contributed by atoms with Crippen LogP contribution in [0.15, 0.2) is 36.5 Å². The van der Waals surface area contributed by atoms with E-state index in [4.69, 9.17) is 23.2 Å². The van der Waals surface area contributed by atoms with Crippen LogP contribution in [0.4, 0.5) is 11.4 Å². The van der Waals surface area contributed by atoms with Crippen LogP contribution in [0.25, 0.3) is 0 Å². The first kappa shape index (κ1) is 17.5. The molecule has 0 bridgehead atoms. The van der Waals surface area contributed by atoms with Crippen molar-refractivity contribution >= 4 is 46.9 Å². The first-order chi connectivity index (χ1) is 12.1. The van der Waals surface area contributed by atoms with Crippen molar-refractivity contribution in [1.29, 1.82) is 0 Å². The highest BCUT2D eigenvalue weighted by molar-refractivity contribution is 6.42. The Balaban J connectivity index is 1.71. The number of carbonyl (C=O) groups excluding carboxylic acids is 2. The van der Waals surface area contributed by atoms with Crippen molar-refractivity contribution in [2.75, 3.05) is 31.5 Å². The normalized spacial score (nSPS) is 14.3. The van der Waals surface area contributed by atoms with Gasteiger partial charge in [-0.05, 0) is 30.3 Å². The van der Waals surface area contributed by atoms with E-state index in [1.165, 1.54) is 0 Å². The number of hydrogen-bond donors (Lipinski definition) is 1. The largest absolute Gasteiger partial charge is 0.355 e. The molecule has 1 aliphatic heterocycles. The van der Waals surface area contributed by atoms with E-state index in [1.807, 2.05) is 0 Å². The second-order valence-corrected chi connectivity index (χ2v) is 6.43. The minimum absolute atomic E-state index is 0.150. The van der Waals surface area contributed by atoms with Gasteiger partial charge in [-0.3, -0.25) is 14.6 Å². The summed E-state index contributed by atoms with van der Waals surface area (Å²) < 4.78 is 0. The van der Waals surface area contributed by atoms with Crippen molar-refractivity contribution < 1.29 is 9.59 Å². The van der Waals surface area contributed by atoms with E-state index in [9.17, 15) is 9.59 Å². The Bertz CT molecular complexity index is 792. The third-order valence-electron chi connectivity index (χ3n) is 3.94. The predicted octanol–water partition coefficient (Wildman–Crippen LogP) is 3.05. The lowest BCUT2D eigenvalue weighted by atomic mass is 10.2. The molecule has 1 N–H and O–H groups in total. The average molecular weight is 379 g/mol. The zero-order valence-electron chi connectivity index (χ0n) is 13.3. The third kappa shape index (κ3) is 4.21. The summed E-state index contributed by atoms with van der Waals surface area (Å²) in [6.45, 7) is 2.08. The van der Waals surface area contributed by atoms with E-state index < -0.39 is 0 Å². The van der Waals surface area contributed by atoms with Gasteiger partial charge < -0.3 is 15.1 Å². The van der Waals surface area contributed by atoms with Gasteiger partial charge in [-0.15, -0.1) is 0 Å². The third-order valence-corrected chi connectivity index (χ3v) is 4.68. The van der Waals surface area contributed by atoms with Crippen LogP contribution in [0.5, 0.6) is 0 Å². The number of piperazine rings is 1. The maximum Gasteiger partial charge on any atom is 0.272 e. The fourth-order valence-electron chi connectivity index (χ4n) is 2.56. The van der Waals surface area contributed by atoms with E-state index in [2.05, 4.69) is 10.3 Å². The molecule has 0 aliphatic carbocycles. The lowest BCUT2D eigenvalue weighted by Crippen LogP contribution is -2.48. The molecule has 130 valence electrons. The summed E-state index contributed by atoms with van der Waals surface area (Å²) in [6, 6.07) is 8.67. The summed E-state index contributed by atoms with van der Waals surface area (Å²) in [5.41, 5.74) is 1.84. The van der Waals surface area contributed by atoms with Gasteiger partial charge in [0.05, 0.1) is 10.0 Å². The second-order valence-electron chi connectivity index (χ2n) is 5.62. The van der Waals surface area contributed by atoms with Crippen LogP contribution in [0.3, 0.4) is 0 Å². The molecule has 25 heavy (non-hydrogen) atoms. The lowest BCUT2D eigenvalue weighted by Gasteiger charge is -2.32. The molecule has 1 aliphatic rings. The number of nitrogens with zero attached hydrogens (tertiary/aromatic N) is 3. The van der Waals surface area contributed by atoms with Crippen LogP contribution < -0.4 is 5.32 Å². The molecule has 0 atom stereocenters. The number of rotatable bonds is 4. The van der Waals surface area contributed by atoms with E-state index in [0.29, 0.717) is 41.9 Å². The predicted molar refractivity (Wildman–Crippen MR) is 97.5 cm³/mol. The van der Waals surface area contributed by atoms with Gasteiger partial charge in [0.1, 0.15) is 5.69 Å².